The van der Waals surface area contributed by atoms with Gasteiger partial charge in [0.1, 0.15) is 0 Å². The number of likely N-dealkylation sites (N-methyl/N-ethyl adjacent to an activating group) is 1. The van der Waals surface area contributed by atoms with Crippen LogP contribution in [0.1, 0.15) is 28.8 Å². The highest BCUT2D eigenvalue weighted by atomic mass is 15.2. The maximum Gasteiger partial charge on any atom is 0.0998 e. The van der Waals surface area contributed by atoms with E-state index in [0.717, 1.165) is 54.1 Å². The van der Waals surface area contributed by atoms with Crippen LogP contribution in [0, 0.1) is 25.2 Å². The molecule has 1 aliphatic heterocycles. The molecule has 2 aromatic rings. The quantitative estimate of drug-likeness (QED) is 0.863. The van der Waals surface area contributed by atoms with Gasteiger partial charge in [-0.1, -0.05) is 12.1 Å². The predicted molar refractivity (Wildman–Crippen MR) is 101 cm³/mol. The molecule has 0 bridgehead atoms. The van der Waals surface area contributed by atoms with Gasteiger partial charge in [0.25, 0.3) is 0 Å². The molecule has 0 atom stereocenters. The second-order valence-electron chi connectivity index (χ2n) is 7.05. The minimum Gasteiger partial charge on any atom is -0.305 e. The first-order valence-corrected chi connectivity index (χ1v) is 8.94. The van der Waals surface area contributed by atoms with Gasteiger partial charge in [-0.2, -0.15) is 5.26 Å². The van der Waals surface area contributed by atoms with Crippen LogP contribution in [-0.4, -0.2) is 48.0 Å². The van der Waals surface area contributed by atoms with E-state index in [2.05, 4.69) is 53.0 Å². The number of aryl methyl sites for hydroxylation is 2. The van der Waals surface area contributed by atoms with E-state index in [0.29, 0.717) is 0 Å². The Morgan fingerprint density at radius 3 is 2.72 bits per heavy atom. The number of benzene rings is 1. The van der Waals surface area contributed by atoms with Crippen LogP contribution in [0.2, 0.25) is 0 Å². The zero-order valence-electron chi connectivity index (χ0n) is 15.4. The number of hydrogen-bond acceptors (Lipinski definition) is 4. The van der Waals surface area contributed by atoms with Crippen molar-refractivity contribution in [2.75, 3.05) is 33.2 Å². The molecule has 1 aromatic carbocycles. The molecule has 0 aliphatic carbocycles. The molecule has 0 N–H and O–H groups in total. The summed E-state index contributed by atoms with van der Waals surface area (Å²) in [6.07, 6.45) is 3.07. The summed E-state index contributed by atoms with van der Waals surface area (Å²) in [6, 6.07) is 10.8. The zero-order chi connectivity index (χ0) is 17.8. The van der Waals surface area contributed by atoms with E-state index in [1.807, 2.05) is 19.2 Å². The number of rotatable bonds is 3. The molecule has 0 saturated carbocycles. The highest BCUT2D eigenvalue weighted by Gasteiger charge is 2.14. The monoisotopic (exact) mass is 334 g/mol. The summed E-state index contributed by atoms with van der Waals surface area (Å²) in [6.45, 7) is 9.45. The van der Waals surface area contributed by atoms with Crippen LogP contribution >= 0.6 is 0 Å². The standard InChI is InChI=1S/C21H26N4/c1-16-11-20(14-23-17(16)2)21-6-5-18(12-19(21)13-22)15-25-8-4-7-24(3)9-10-25/h5-6,11-12,14H,4,7-10,15H2,1-3H3. The molecule has 1 saturated heterocycles. The third-order valence-electron chi connectivity index (χ3n) is 5.07. The molecule has 2 heterocycles. The lowest BCUT2D eigenvalue weighted by Crippen LogP contribution is -2.28. The summed E-state index contributed by atoms with van der Waals surface area (Å²) in [5, 5.41) is 9.62. The molecular formula is C21H26N4. The third kappa shape index (κ3) is 4.25. The minimum absolute atomic E-state index is 0.731. The van der Waals surface area contributed by atoms with E-state index in [-0.39, 0.29) is 0 Å². The van der Waals surface area contributed by atoms with E-state index >= 15 is 0 Å². The summed E-state index contributed by atoms with van der Waals surface area (Å²) in [5.74, 6) is 0. The molecule has 3 rings (SSSR count). The molecule has 0 unspecified atom stereocenters. The summed E-state index contributed by atoms with van der Waals surface area (Å²) in [5.41, 5.74) is 6.11. The Morgan fingerprint density at radius 2 is 1.96 bits per heavy atom. The van der Waals surface area contributed by atoms with Gasteiger partial charge in [0.2, 0.25) is 0 Å². The van der Waals surface area contributed by atoms with Crippen LogP contribution in [0.25, 0.3) is 11.1 Å². The molecule has 0 spiro atoms. The van der Waals surface area contributed by atoms with Gasteiger partial charge in [-0.15, -0.1) is 0 Å². The highest BCUT2D eigenvalue weighted by molar-refractivity contribution is 5.71. The average Bonchev–Trinajstić information content (AvgIpc) is 2.82. The zero-order valence-corrected chi connectivity index (χ0v) is 15.4. The third-order valence-corrected chi connectivity index (χ3v) is 5.07. The van der Waals surface area contributed by atoms with Crippen molar-refractivity contribution in [3.8, 4) is 17.2 Å². The number of pyridine rings is 1. The van der Waals surface area contributed by atoms with Crippen molar-refractivity contribution in [1.82, 2.24) is 14.8 Å². The minimum atomic E-state index is 0.731. The van der Waals surface area contributed by atoms with Crippen molar-refractivity contribution in [1.29, 1.82) is 5.26 Å². The summed E-state index contributed by atoms with van der Waals surface area (Å²) in [4.78, 5) is 9.31. The Kier molecular flexibility index (Phi) is 5.47. The van der Waals surface area contributed by atoms with Gasteiger partial charge in [0.05, 0.1) is 11.6 Å². The van der Waals surface area contributed by atoms with Crippen molar-refractivity contribution >= 4 is 0 Å². The fourth-order valence-corrected chi connectivity index (χ4v) is 3.34. The number of aromatic nitrogens is 1. The van der Waals surface area contributed by atoms with Gasteiger partial charge in [0, 0.05) is 42.7 Å². The van der Waals surface area contributed by atoms with Crippen LogP contribution in [0.5, 0.6) is 0 Å². The Hall–Kier alpha value is -2.22. The Balaban J connectivity index is 1.82. The molecule has 4 nitrogen and oxygen atoms in total. The van der Waals surface area contributed by atoms with Crippen molar-refractivity contribution in [2.45, 2.75) is 26.8 Å². The smallest absolute Gasteiger partial charge is 0.0998 e. The second-order valence-corrected chi connectivity index (χ2v) is 7.05. The van der Waals surface area contributed by atoms with Crippen LogP contribution in [-0.2, 0) is 6.54 Å². The Bertz CT molecular complexity index is 791. The average molecular weight is 334 g/mol. The van der Waals surface area contributed by atoms with Gasteiger partial charge in [-0.3, -0.25) is 9.88 Å². The van der Waals surface area contributed by atoms with Crippen LogP contribution in [0.15, 0.2) is 30.5 Å². The predicted octanol–water partition coefficient (Wildman–Crippen LogP) is 3.37. The molecule has 4 heteroatoms. The first kappa shape index (κ1) is 17.6. The first-order chi connectivity index (χ1) is 12.1. The molecule has 130 valence electrons. The van der Waals surface area contributed by atoms with Gasteiger partial charge in [0.15, 0.2) is 0 Å². The lowest BCUT2D eigenvalue weighted by Gasteiger charge is -2.20. The fraction of sp³-hybridized carbons (Fsp3) is 0.429. The normalized spacial score (nSPS) is 16.4. The topological polar surface area (TPSA) is 43.2 Å². The fourth-order valence-electron chi connectivity index (χ4n) is 3.34. The second kappa shape index (κ2) is 7.77. The molecule has 0 amide bonds. The maximum atomic E-state index is 9.62. The van der Waals surface area contributed by atoms with Crippen molar-refractivity contribution in [3.63, 3.8) is 0 Å². The van der Waals surface area contributed by atoms with E-state index in [9.17, 15) is 5.26 Å². The van der Waals surface area contributed by atoms with Gasteiger partial charge in [-0.25, -0.2) is 0 Å². The molecule has 0 radical (unpaired) electrons. The van der Waals surface area contributed by atoms with E-state index in [1.165, 1.54) is 18.5 Å². The first-order valence-electron chi connectivity index (χ1n) is 8.94. The van der Waals surface area contributed by atoms with Crippen LogP contribution < -0.4 is 0 Å². The number of nitrogens with zero attached hydrogens (tertiary/aromatic N) is 4. The Morgan fingerprint density at radius 1 is 1.12 bits per heavy atom. The number of nitriles is 1. The largest absolute Gasteiger partial charge is 0.305 e. The molecule has 1 fully saturated rings. The van der Waals surface area contributed by atoms with E-state index < -0.39 is 0 Å². The molecule has 1 aliphatic rings. The maximum absolute atomic E-state index is 9.62. The van der Waals surface area contributed by atoms with Gasteiger partial charge in [-0.05, 0) is 63.7 Å². The van der Waals surface area contributed by atoms with Crippen molar-refractivity contribution in [2.24, 2.45) is 0 Å². The summed E-state index contributed by atoms with van der Waals surface area (Å²) < 4.78 is 0. The van der Waals surface area contributed by atoms with Crippen LogP contribution in [0.3, 0.4) is 0 Å². The van der Waals surface area contributed by atoms with E-state index in [4.69, 9.17) is 0 Å². The summed E-state index contributed by atoms with van der Waals surface area (Å²) >= 11 is 0. The molecular weight excluding hydrogens is 308 g/mol. The van der Waals surface area contributed by atoms with E-state index in [1.54, 1.807) is 0 Å². The van der Waals surface area contributed by atoms with Crippen LogP contribution in [0.4, 0.5) is 0 Å². The van der Waals surface area contributed by atoms with Gasteiger partial charge < -0.3 is 4.90 Å². The Labute approximate surface area is 150 Å². The highest BCUT2D eigenvalue weighted by Crippen LogP contribution is 2.26. The van der Waals surface area contributed by atoms with Crippen molar-refractivity contribution < 1.29 is 0 Å². The molecule has 1 aromatic heterocycles. The van der Waals surface area contributed by atoms with Gasteiger partial charge >= 0.3 is 0 Å². The van der Waals surface area contributed by atoms with Crippen molar-refractivity contribution in [3.05, 3.63) is 52.8 Å². The lowest BCUT2D eigenvalue weighted by atomic mass is 9.98. The molecule has 25 heavy (non-hydrogen) atoms. The number of hydrogen-bond donors (Lipinski definition) is 0. The lowest BCUT2D eigenvalue weighted by molar-refractivity contribution is 0.269. The SMILES string of the molecule is Cc1cc(-c2ccc(CN3CCCN(C)CC3)cc2C#N)cnc1C. The summed E-state index contributed by atoms with van der Waals surface area (Å²) in [7, 11) is 2.18.